The molecule has 7 heteroatoms. The molecular formula is C19H17ClFN3O2. The number of hydrogen-bond donors (Lipinski definition) is 1. The third-order valence-corrected chi connectivity index (χ3v) is 4.10. The average molecular weight is 374 g/mol. The second-order valence-corrected chi connectivity index (χ2v) is 6.53. The Morgan fingerprint density at radius 1 is 1.15 bits per heavy atom. The van der Waals surface area contributed by atoms with Gasteiger partial charge in [-0.3, -0.25) is 4.79 Å². The van der Waals surface area contributed by atoms with Gasteiger partial charge in [0.2, 0.25) is 0 Å². The predicted molar refractivity (Wildman–Crippen MR) is 97.6 cm³/mol. The lowest BCUT2D eigenvalue weighted by Gasteiger charge is -2.12. The lowest BCUT2D eigenvalue weighted by Crippen LogP contribution is -2.16. The van der Waals surface area contributed by atoms with Crippen molar-refractivity contribution in [1.29, 1.82) is 0 Å². The van der Waals surface area contributed by atoms with Crippen LogP contribution >= 0.6 is 11.6 Å². The van der Waals surface area contributed by atoms with Crippen LogP contribution < -0.4 is 10.3 Å². The summed E-state index contributed by atoms with van der Waals surface area (Å²) in [6.07, 6.45) is 0.101. The Kier molecular flexibility index (Phi) is 5.04. The lowest BCUT2D eigenvalue weighted by molar-refractivity contribution is 0.438. The second-order valence-electron chi connectivity index (χ2n) is 6.12. The van der Waals surface area contributed by atoms with Gasteiger partial charge in [0.1, 0.15) is 11.4 Å². The Labute approximate surface area is 154 Å². The van der Waals surface area contributed by atoms with Gasteiger partial charge in [0.25, 0.3) is 5.56 Å². The number of nitrogens with one attached hydrogen (secondary N) is 1. The van der Waals surface area contributed by atoms with Gasteiger partial charge in [-0.25, -0.2) is 14.5 Å². The van der Waals surface area contributed by atoms with Gasteiger partial charge in [0.15, 0.2) is 17.4 Å². The van der Waals surface area contributed by atoms with E-state index in [2.05, 4.69) is 15.2 Å². The van der Waals surface area contributed by atoms with Crippen LogP contribution in [0.15, 0.2) is 35.1 Å². The van der Waals surface area contributed by atoms with E-state index >= 15 is 0 Å². The van der Waals surface area contributed by atoms with Crippen molar-refractivity contribution in [3.63, 3.8) is 0 Å². The van der Waals surface area contributed by atoms with Gasteiger partial charge < -0.3 is 4.74 Å². The number of H-pyrrole nitrogens is 1. The second kappa shape index (κ2) is 7.25. The summed E-state index contributed by atoms with van der Waals surface area (Å²) in [5.74, 6) is 0.191. The molecular weight excluding hydrogens is 357 g/mol. The van der Waals surface area contributed by atoms with E-state index in [0.717, 1.165) is 11.1 Å². The maximum Gasteiger partial charge on any atom is 0.285 e. The molecule has 0 aliphatic heterocycles. The molecule has 134 valence electrons. The molecule has 0 spiro atoms. The zero-order chi connectivity index (χ0) is 18.8. The van der Waals surface area contributed by atoms with Crippen LogP contribution in [-0.2, 0) is 6.42 Å². The fraction of sp³-hybridized carbons (Fsp3) is 0.211. The molecule has 0 bridgehead atoms. The largest absolute Gasteiger partial charge is 0.453 e. The minimum absolute atomic E-state index is 0.0460. The van der Waals surface area contributed by atoms with Gasteiger partial charge in [-0.1, -0.05) is 23.7 Å². The van der Waals surface area contributed by atoms with Gasteiger partial charge in [-0.2, -0.15) is 5.10 Å². The minimum atomic E-state index is -0.580. The van der Waals surface area contributed by atoms with Gasteiger partial charge in [0.05, 0.1) is 5.02 Å². The first kappa shape index (κ1) is 18.1. The highest BCUT2D eigenvalue weighted by Gasteiger charge is 2.17. The van der Waals surface area contributed by atoms with Crippen molar-refractivity contribution in [2.75, 3.05) is 0 Å². The third-order valence-electron chi connectivity index (χ3n) is 3.80. The minimum Gasteiger partial charge on any atom is -0.453 e. The van der Waals surface area contributed by atoms with Gasteiger partial charge >= 0.3 is 0 Å². The van der Waals surface area contributed by atoms with Crippen LogP contribution in [0.4, 0.5) is 4.39 Å². The molecule has 0 fully saturated rings. The molecule has 1 heterocycles. The number of halogens is 2. The van der Waals surface area contributed by atoms with Crippen LogP contribution in [0.5, 0.6) is 11.5 Å². The number of nitrogens with zero attached hydrogens (tertiary/aromatic N) is 2. The topological polar surface area (TPSA) is 67.9 Å². The molecule has 0 atom stereocenters. The fourth-order valence-electron chi connectivity index (χ4n) is 2.63. The quantitative estimate of drug-likeness (QED) is 0.741. The van der Waals surface area contributed by atoms with Crippen molar-refractivity contribution in [3.8, 4) is 11.5 Å². The third kappa shape index (κ3) is 3.91. The monoisotopic (exact) mass is 373 g/mol. The van der Waals surface area contributed by atoms with Crippen LogP contribution in [0.3, 0.4) is 0 Å². The van der Waals surface area contributed by atoms with E-state index in [1.165, 1.54) is 0 Å². The zero-order valence-electron chi connectivity index (χ0n) is 14.6. The van der Waals surface area contributed by atoms with Gasteiger partial charge in [0, 0.05) is 6.42 Å². The number of ether oxygens (including phenoxy) is 1. The van der Waals surface area contributed by atoms with E-state index < -0.39 is 5.82 Å². The number of aryl methyl sites for hydroxylation is 3. The molecule has 0 radical (unpaired) electrons. The van der Waals surface area contributed by atoms with Crippen LogP contribution in [0.25, 0.3) is 0 Å². The van der Waals surface area contributed by atoms with Crippen molar-refractivity contribution in [1.82, 2.24) is 15.2 Å². The highest BCUT2D eigenvalue weighted by Crippen LogP contribution is 2.35. The summed E-state index contributed by atoms with van der Waals surface area (Å²) in [5.41, 5.74) is 2.23. The van der Waals surface area contributed by atoms with Crippen LogP contribution in [0, 0.1) is 26.6 Å². The molecule has 5 nitrogen and oxygen atoms in total. The number of hydrogen-bond acceptors (Lipinski definition) is 4. The molecule has 26 heavy (non-hydrogen) atoms. The van der Waals surface area contributed by atoms with Gasteiger partial charge in [-0.05, 0) is 55.7 Å². The Bertz CT molecular complexity index is 1010. The number of benzene rings is 2. The van der Waals surface area contributed by atoms with E-state index in [4.69, 9.17) is 16.3 Å². The standard InChI is InChI=1S/C19H17ClFN3O2/c1-10-6-11(2)8-14(7-10)26-18-15(20)5-4-13(17(18)21)9-16-22-12(3)19(25)24-23-16/h4-8H,9H2,1-3H3,(H,24,25). The zero-order valence-corrected chi connectivity index (χ0v) is 15.3. The molecule has 1 aromatic heterocycles. The number of rotatable bonds is 4. The molecule has 0 amide bonds. The Balaban J connectivity index is 1.95. The summed E-state index contributed by atoms with van der Waals surface area (Å²) in [5, 5.41) is 6.35. The van der Waals surface area contributed by atoms with Crippen molar-refractivity contribution >= 4 is 11.6 Å². The van der Waals surface area contributed by atoms with Crippen LogP contribution in [0.1, 0.15) is 28.2 Å². The number of aromatic nitrogens is 3. The lowest BCUT2D eigenvalue weighted by atomic mass is 10.1. The maximum atomic E-state index is 14.9. The summed E-state index contributed by atoms with van der Waals surface area (Å²) in [6.45, 7) is 5.44. The van der Waals surface area contributed by atoms with Crippen molar-refractivity contribution in [2.45, 2.75) is 27.2 Å². The van der Waals surface area contributed by atoms with E-state index in [1.807, 2.05) is 32.0 Å². The van der Waals surface area contributed by atoms with Crippen LogP contribution in [-0.4, -0.2) is 15.2 Å². The average Bonchev–Trinajstić information content (AvgIpc) is 2.56. The summed E-state index contributed by atoms with van der Waals surface area (Å²) < 4.78 is 20.7. The Hall–Kier alpha value is -2.73. The molecule has 0 aliphatic carbocycles. The molecule has 0 saturated carbocycles. The summed E-state index contributed by atoms with van der Waals surface area (Å²) in [6, 6.07) is 8.73. The Morgan fingerprint density at radius 3 is 2.50 bits per heavy atom. The van der Waals surface area contributed by atoms with E-state index in [0.29, 0.717) is 17.1 Å². The highest BCUT2D eigenvalue weighted by atomic mass is 35.5. The fourth-order valence-corrected chi connectivity index (χ4v) is 2.81. The molecule has 0 aliphatic rings. The summed E-state index contributed by atoms with van der Waals surface area (Å²) in [7, 11) is 0. The molecule has 3 rings (SSSR count). The normalized spacial score (nSPS) is 10.8. The number of aromatic amines is 1. The first-order valence-electron chi connectivity index (χ1n) is 7.98. The van der Waals surface area contributed by atoms with E-state index in [9.17, 15) is 9.18 Å². The smallest absolute Gasteiger partial charge is 0.285 e. The summed E-state index contributed by atoms with van der Waals surface area (Å²) in [4.78, 5) is 15.4. The van der Waals surface area contributed by atoms with Crippen molar-refractivity contribution in [3.05, 3.63) is 79.7 Å². The first-order chi connectivity index (χ1) is 12.3. The SMILES string of the molecule is Cc1cc(C)cc(Oc2c(Cl)ccc(Cc3n[nH]c(=O)c(C)n3)c2F)c1. The molecule has 1 N–H and O–H groups in total. The molecule has 2 aromatic carbocycles. The first-order valence-corrected chi connectivity index (χ1v) is 8.36. The van der Waals surface area contributed by atoms with Gasteiger partial charge in [-0.15, -0.1) is 0 Å². The van der Waals surface area contributed by atoms with E-state index in [-0.39, 0.29) is 28.4 Å². The van der Waals surface area contributed by atoms with Crippen molar-refractivity contribution < 1.29 is 9.13 Å². The maximum absolute atomic E-state index is 14.9. The van der Waals surface area contributed by atoms with Crippen molar-refractivity contribution in [2.24, 2.45) is 0 Å². The van der Waals surface area contributed by atoms with Crippen LogP contribution in [0.2, 0.25) is 5.02 Å². The molecule has 0 unspecified atom stereocenters. The van der Waals surface area contributed by atoms with E-state index in [1.54, 1.807) is 19.1 Å². The molecule has 0 saturated heterocycles. The summed E-state index contributed by atoms with van der Waals surface area (Å²) >= 11 is 6.14. The predicted octanol–water partition coefficient (Wildman–Crippen LogP) is 4.27. The highest BCUT2D eigenvalue weighted by molar-refractivity contribution is 6.32. The Morgan fingerprint density at radius 2 is 1.85 bits per heavy atom. The molecule has 3 aromatic rings.